The minimum atomic E-state index is -4.51. The minimum Gasteiger partial charge on any atom is -0.382 e. The van der Waals surface area contributed by atoms with Crippen molar-refractivity contribution in [3.05, 3.63) is 0 Å². The summed E-state index contributed by atoms with van der Waals surface area (Å²) in [6, 6.07) is 0. The average Bonchev–Trinajstić information content (AvgIpc) is 1.85. The summed E-state index contributed by atoms with van der Waals surface area (Å²) in [4.78, 5) is 0. The molecule has 0 fully saturated rings. The standard InChI is InChI=1S/C6H11F3O2/c1-2-10-4-3-5-11-6(7,8)9/h2-5H2,1H3. The largest absolute Gasteiger partial charge is 0.522 e. The van der Waals surface area contributed by atoms with Gasteiger partial charge in [-0.1, -0.05) is 0 Å². The van der Waals surface area contributed by atoms with Crippen LogP contribution in [0.15, 0.2) is 0 Å². The number of hydrogen-bond donors (Lipinski definition) is 0. The lowest BCUT2D eigenvalue weighted by molar-refractivity contribution is -0.325. The summed E-state index contributed by atoms with van der Waals surface area (Å²) in [5.74, 6) is 0. The van der Waals surface area contributed by atoms with Crippen molar-refractivity contribution in [2.75, 3.05) is 19.8 Å². The zero-order valence-corrected chi connectivity index (χ0v) is 6.28. The Balaban J connectivity index is 3.02. The van der Waals surface area contributed by atoms with Gasteiger partial charge in [-0.2, -0.15) is 0 Å². The van der Waals surface area contributed by atoms with E-state index in [-0.39, 0.29) is 13.0 Å². The maximum Gasteiger partial charge on any atom is 0.522 e. The topological polar surface area (TPSA) is 18.5 Å². The van der Waals surface area contributed by atoms with E-state index in [1.165, 1.54) is 0 Å². The fraction of sp³-hybridized carbons (Fsp3) is 1.00. The SMILES string of the molecule is CCOCCCOC(F)(F)F. The zero-order chi connectivity index (χ0) is 8.74. The molecule has 0 rings (SSSR count). The van der Waals surface area contributed by atoms with Crippen LogP contribution in [0.2, 0.25) is 0 Å². The van der Waals surface area contributed by atoms with E-state index in [9.17, 15) is 13.2 Å². The first kappa shape index (κ1) is 10.7. The second-order valence-corrected chi connectivity index (χ2v) is 1.84. The van der Waals surface area contributed by atoms with Crippen LogP contribution >= 0.6 is 0 Å². The quantitative estimate of drug-likeness (QED) is 0.590. The monoisotopic (exact) mass is 172 g/mol. The highest BCUT2D eigenvalue weighted by Crippen LogP contribution is 2.15. The van der Waals surface area contributed by atoms with Crippen LogP contribution in [-0.2, 0) is 9.47 Å². The van der Waals surface area contributed by atoms with Gasteiger partial charge in [0.25, 0.3) is 0 Å². The maximum absolute atomic E-state index is 11.3. The van der Waals surface area contributed by atoms with Crippen molar-refractivity contribution in [3.63, 3.8) is 0 Å². The Labute approximate surface area is 63.3 Å². The van der Waals surface area contributed by atoms with Gasteiger partial charge in [0.05, 0.1) is 6.61 Å². The molecule has 5 heteroatoms. The van der Waals surface area contributed by atoms with E-state index >= 15 is 0 Å². The number of alkyl halides is 3. The van der Waals surface area contributed by atoms with E-state index in [0.29, 0.717) is 13.2 Å². The minimum absolute atomic E-state index is 0.271. The molecule has 0 aromatic heterocycles. The van der Waals surface area contributed by atoms with Gasteiger partial charge in [0.1, 0.15) is 0 Å². The van der Waals surface area contributed by atoms with Gasteiger partial charge in [-0.25, -0.2) is 0 Å². The van der Waals surface area contributed by atoms with Crippen molar-refractivity contribution in [2.24, 2.45) is 0 Å². The van der Waals surface area contributed by atoms with Gasteiger partial charge < -0.3 is 4.74 Å². The van der Waals surface area contributed by atoms with Crippen molar-refractivity contribution in [2.45, 2.75) is 19.7 Å². The molecule has 0 saturated heterocycles. The summed E-state index contributed by atoms with van der Waals surface area (Å²) in [6.45, 7) is 2.28. The second-order valence-electron chi connectivity index (χ2n) is 1.84. The van der Waals surface area contributed by atoms with E-state index in [4.69, 9.17) is 4.74 Å². The molecule has 2 nitrogen and oxygen atoms in total. The van der Waals surface area contributed by atoms with Crippen LogP contribution in [0.25, 0.3) is 0 Å². The normalized spacial score (nSPS) is 12.0. The summed E-state index contributed by atoms with van der Waals surface area (Å²) in [7, 11) is 0. The highest BCUT2D eigenvalue weighted by Gasteiger charge is 2.28. The molecule has 11 heavy (non-hydrogen) atoms. The Morgan fingerprint density at radius 1 is 1.18 bits per heavy atom. The number of hydrogen-bond acceptors (Lipinski definition) is 2. The van der Waals surface area contributed by atoms with Gasteiger partial charge in [-0.05, 0) is 13.3 Å². The van der Waals surface area contributed by atoms with Crippen molar-refractivity contribution in [3.8, 4) is 0 Å². The molecule has 0 radical (unpaired) electrons. The van der Waals surface area contributed by atoms with Gasteiger partial charge in [-0.3, -0.25) is 4.74 Å². The fourth-order valence-corrected chi connectivity index (χ4v) is 0.493. The van der Waals surface area contributed by atoms with Crippen LogP contribution in [0, 0.1) is 0 Å². The Hall–Kier alpha value is -0.290. The van der Waals surface area contributed by atoms with Crippen LogP contribution < -0.4 is 0 Å². The molecule has 0 saturated carbocycles. The first-order chi connectivity index (χ1) is 5.06. The first-order valence-electron chi connectivity index (χ1n) is 3.34. The Morgan fingerprint density at radius 3 is 2.27 bits per heavy atom. The number of halogens is 3. The Bertz CT molecular complexity index is 92.3. The van der Waals surface area contributed by atoms with E-state index in [0.717, 1.165) is 0 Å². The summed E-state index contributed by atoms with van der Waals surface area (Å²) in [6.07, 6.45) is -4.24. The zero-order valence-electron chi connectivity index (χ0n) is 6.28. The van der Waals surface area contributed by atoms with Crippen LogP contribution in [0.3, 0.4) is 0 Å². The van der Waals surface area contributed by atoms with E-state index in [1.807, 2.05) is 0 Å². The molecule has 0 unspecified atom stereocenters. The van der Waals surface area contributed by atoms with Gasteiger partial charge in [0.15, 0.2) is 0 Å². The molecular weight excluding hydrogens is 161 g/mol. The van der Waals surface area contributed by atoms with Crippen molar-refractivity contribution >= 4 is 0 Å². The molecule has 0 bridgehead atoms. The fourth-order valence-electron chi connectivity index (χ4n) is 0.493. The van der Waals surface area contributed by atoms with E-state index < -0.39 is 6.36 Å². The lowest BCUT2D eigenvalue weighted by atomic mass is 10.5. The Kier molecular flexibility index (Phi) is 5.23. The van der Waals surface area contributed by atoms with Crippen LogP contribution in [-0.4, -0.2) is 26.2 Å². The summed E-state index contributed by atoms with van der Waals surface area (Å²) < 4.78 is 42.2. The van der Waals surface area contributed by atoms with Crippen molar-refractivity contribution < 1.29 is 22.6 Å². The van der Waals surface area contributed by atoms with Gasteiger partial charge >= 0.3 is 6.36 Å². The molecule has 0 N–H and O–H groups in total. The molecule has 68 valence electrons. The summed E-state index contributed by atoms with van der Waals surface area (Å²) in [5.41, 5.74) is 0. The highest BCUT2D eigenvalue weighted by atomic mass is 19.4. The lowest BCUT2D eigenvalue weighted by Gasteiger charge is -2.06. The first-order valence-corrected chi connectivity index (χ1v) is 3.34. The number of rotatable bonds is 5. The molecule has 0 aromatic carbocycles. The third kappa shape index (κ3) is 9.71. The molecule has 0 amide bonds. The Morgan fingerprint density at radius 2 is 1.82 bits per heavy atom. The smallest absolute Gasteiger partial charge is 0.382 e. The molecule has 0 aliphatic carbocycles. The van der Waals surface area contributed by atoms with Crippen LogP contribution in [0.1, 0.15) is 13.3 Å². The molecule has 0 aromatic rings. The number of ether oxygens (including phenoxy) is 2. The van der Waals surface area contributed by atoms with Crippen molar-refractivity contribution in [1.29, 1.82) is 0 Å². The van der Waals surface area contributed by atoms with Crippen molar-refractivity contribution in [1.82, 2.24) is 0 Å². The van der Waals surface area contributed by atoms with Crippen LogP contribution in [0.5, 0.6) is 0 Å². The predicted octanol–water partition coefficient (Wildman–Crippen LogP) is 1.95. The molecule has 0 aliphatic heterocycles. The molecule has 0 aliphatic rings. The second kappa shape index (κ2) is 5.37. The van der Waals surface area contributed by atoms with Gasteiger partial charge in [0, 0.05) is 13.2 Å². The third-order valence-corrected chi connectivity index (χ3v) is 0.903. The van der Waals surface area contributed by atoms with E-state index in [1.54, 1.807) is 6.92 Å². The molecular formula is C6H11F3O2. The highest BCUT2D eigenvalue weighted by molar-refractivity contribution is 4.35. The average molecular weight is 172 g/mol. The van der Waals surface area contributed by atoms with Gasteiger partial charge in [0.2, 0.25) is 0 Å². The molecule has 0 heterocycles. The van der Waals surface area contributed by atoms with Crippen LogP contribution in [0.4, 0.5) is 13.2 Å². The lowest BCUT2D eigenvalue weighted by Crippen LogP contribution is -2.15. The summed E-state index contributed by atoms with van der Waals surface area (Å²) >= 11 is 0. The molecule has 0 atom stereocenters. The molecule has 0 spiro atoms. The summed E-state index contributed by atoms with van der Waals surface area (Å²) in [5, 5.41) is 0. The predicted molar refractivity (Wildman–Crippen MR) is 33.1 cm³/mol. The maximum atomic E-state index is 11.3. The van der Waals surface area contributed by atoms with E-state index in [2.05, 4.69) is 4.74 Å². The van der Waals surface area contributed by atoms with Gasteiger partial charge in [-0.15, -0.1) is 13.2 Å². The third-order valence-electron chi connectivity index (χ3n) is 0.903.